The van der Waals surface area contributed by atoms with E-state index in [1.54, 1.807) is 6.92 Å². The van der Waals surface area contributed by atoms with E-state index in [0.717, 1.165) is 12.8 Å². The van der Waals surface area contributed by atoms with Crippen LogP contribution in [0.4, 0.5) is 0 Å². The maximum Gasteiger partial charge on any atom is 0.234 e. The largest absolute Gasteiger partial charge is 0.351 e. The summed E-state index contributed by atoms with van der Waals surface area (Å²) in [7, 11) is 0. The van der Waals surface area contributed by atoms with Crippen molar-refractivity contribution in [2.75, 3.05) is 13.1 Å². The number of hydrogen-bond acceptors (Lipinski definition) is 3. The van der Waals surface area contributed by atoms with Gasteiger partial charge in [0.25, 0.3) is 0 Å². The highest BCUT2D eigenvalue weighted by molar-refractivity contribution is 5.79. The molecule has 0 spiro atoms. The molecule has 0 aliphatic carbocycles. The zero-order chi connectivity index (χ0) is 9.14. The van der Waals surface area contributed by atoms with Gasteiger partial charge >= 0.3 is 0 Å². The lowest BCUT2D eigenvalue weighted by atomic mass is 10.2. The van der Waals surface area contributed by atoms with Gasteiger partial charge in [0, 0.05) is 12.6 Å². The first-order valence-corrected chi connectivity index (χ1v) is 4.12. The van der Waals surface area contributed by atoms with Gasteiger partial charge in [-0.1, -0.05) is 0 Å². The first-order chi connectivity index (χ1) is 5.63. The lowest BCUT2D eigenvalue weighted by Crippen LogP contribution is -2.55. The summed E-state index contributed by atoms with van der Waals surface area (Å²) in [5.74, 6) is 0.00227. The molecule has 0 aromatic heterocycles. The molecule has 2 unspecified atom stereocenters. The molecule has 1 saturated heterocycles. The van der Waals surface area contributed by atoms with E-state index in [4.69, 9.17) is 0 Å². The number of rotatable bonds is 2. The Balaban J connectivity index is 2.54. The molecular weight excluding hydrogens is 156 g/mol. The Bertz CT molecular complexity index is 193. The van der Waals surface area contributed by atoms with E-state index in [2.05, 4.69) is 5.32 Å². The van der Waals surface area contributed by atoms with Gasteiger partial charge in [-0.25, -0.2) is 0 Å². The molecule has 1 amide bonds. The maximum absolute atomic E-state index is 11.0. The van der Waals surface area contributed by atoms with Gasteiger partial charge in [0.15, 0.2) is 0 Å². The first-order valence-electron chi connectivity index (χ1n) is 4.12. The molecule has 2 atom stereocenters. The summed E-state index contributed by atoms with van der Waals surface area (Å²) in [4.78, 5) is 23.4. The van der Waals surface area contributed by atoms with E-state index in [1.165, 1.54) is 0 Å². The van der Waals surface area contributed by atoms with Gasteiger partial charge in [-0.15, -0.1) is 0 Å². The molecule has 1 aliphatic rings. The number of nitrogens with zero attached hydrogens (tertiary/aromatic N) is 1. The van der Waals surface area contributed by atoms with Gasteiger partial charge in [-0.3, -0.25) is 9.69 Å². The van der Waals surface area contributed by atoms with Crippen LogP contribution in [-0.4, -0.2) is 42.3 Å². The molecule has 0 saturated carbocycles. The number of aldehydes is 1. The predicted octanol–water partition coefficient (Wildman–Crippen LogP) is -0.606. The van der Waals surface area contributed by atoms with Crippen LogP contribution in [0.3, 0.4) is 0 Å². The van der Waals surface area contributed by atoms with Crippen LogP contribution < -0.4 is 5.32 Å². The number of amides is 1. The fourth-order valence-electron chi connectivity index (χ4n) is 1.36. The predicted molar refractivity (Wildman–Crippen MR) is 44.7 cm³/mol. The smallest absolute Gasteiger partial charge is 0.234 e. The zero-order valence-corrected chi connectivity index (χ0v) is 7.41. The van der Waals surface area contributed by atoms with Gasteiger partial charge in [-0.2, -0.15) is 0 Å². The number of hydrogen-bond donors (Lipinski definition) is 1. The van der Waals surface area contributed by atoms with E-state index >= 15 is 0 Å². The summed E-state index contributed by atoms with van der Waals surface area (Å²) in [6.07, 6.45) is 0.866. The van der Waals surface area contributed by atoms with Gasteiger partial charge in [0.05, 0.1) is 12.6 Å². The highest BCUT2D eigenvalue weighted by Crippen LogP contribution is 2.02. The van der Waals surface area contributed by atoms with Crippen LogP contribution in [0.5, 0.6) is 0 Å². The summed E-state index contributed by atoms with van der Waals surface area (Å²) >= 11 is 0. The Morgan fingerprint density at radius 2 is 2.42 bits per heavy atom. The van der Waals surface area contributed by atoms with Crippen LogP contribution in [0, 0.1) is 0 Å². The van der Waals surface area contributed by atoms with E-state index in [1.807, 2.05) is 11.8 Å². The van der Waals surface area contributed by atoms with Crippen molar-refractivity contribution in [1.82, 2.24) is 10.2 Å². The Kier molecular flexibility index (Phi) is 2.81. The molecule has 1 heterocycles. The highest BCUT2D eigenvalue weighted by Gasteiger charge is 2.24. The van der Waals surface area contributed by atoms with E-state index in [-0.39, 0.29) is 18.0 Å². The molecule has 4 nitrogen and oxygen atoms in total. The Morgan fingerprint density at radius 3 is 2.92 bits per heavy atom. The second kappa shape index (κ2) is 3.67. The molecule has 0 radical (unpaired) electrons. The van der Waals surface area contributed by atoms with E-state index in [0.29, 0.717) is 6.54 Å². The second-order valence-corrected chi connectivity index (χ2v) is 3.27. The lowest BCUT2D eigenvalue weighted by molar-refractivity contribution is -0.127. The van der Waals surface area contributed by atoms with Crippen molar-refractivity contribution in [3.63, 3.8) is 0 Å². The van der Waals surface area contributed by atoms with Crippen LogP contribution in [-0.2, 0) is 9.59 Å². The maximum atomic E-state index is 11.0. The molecule has 1 fully saturated rings. The second-order valence-electron chi connectivity index (χ2n) is 3.27. The summed E-state index contributed by atoms with van der Waals surface area (Å²) < 4.78 is 0. The fourth-order valence-corrected chi connectivity index (χ4v) is 1.36. The standard InChI is InChI=1S/C8H14N2O2/c1-6-3-10(7(2)5-11)4-8(12)9-6/h5-7H,3-4H2,1-2H3,(H,9,12). The lowest BCUT2D eigenvalue weighted by Gasteiger charge is -2.33. The van der Waals surface area contributed by atoms with Crippen molar-refractivity contribution < 1.29 is 9.59 Å². The summed E-state index contributed by atoms with van der Waals surface area (Å²) in [5, 5.41) is 2.79. The number of piperazine rings is 1. The third kappa shape index (κ3) is 2.04. The molecule has 1 rings (SSSR count). The average Bonchev–Trinajstić information content (AvgIpc) is 2.01. The zero-order valence-electron chi connectivity index (χ0n) is 7.41. The Hall–Kier alpha value is -0.900. The Labute approximate surface area is 71.9 Å². The average molecular weight is 170 g/mol. The highest BCUT2D eigenvalue weighted by atomic mass is 16.2. The normalized spacial score (nSPS) is 27.8. The van der Waals surface area contributed by atoms with Gasteiger partial charge in [0.1, 0.15) is 6.29 Å². The van der Waals surface area contributed by atoms with Crippen LogP contribution in [0.15, 0.2) is 0 Å². The van der Waals surface area contributed by atoms with Crippen LogP contribution >= 0.6 is 0 Å². The SMILES string of the molecule is CC1CN(C(C)C=O)CC(=O)N1. The van der Waals surface area contributed by atoms with Crippen molar-refractivity contribution in [3.8, 4) is 0 Å². The fraction of sp³-hybridized carbons (Fsp3) is 0.750. The molecule has 0 aromatic carbocycles. The molecule has 4 heteroatoms. The van der Waals surface area contributed by atoms with Gasteiger partial charge in [0.2, 0.25) is 5.91 Å². The molecule has 1 N–H and O–H groups in total. The first kappa shape index (κ1) is 9.19. The van der Waals surface area contributed by atoms with Gasteiger partial charge in [-0.05, 0) is 13.8 Å². The summed E-state index contributed by atoms with van der Waals surface area (Å²) in [6, 6.07) is -0.00727. The van der Waals surface area contributed by atoms with Gasteiger partial charge < -0.3 is 10.1 Å². The quantitative estimate of drug-likeness (QED) is 0.563. The molecule has 0 bridgehead atoms. The summed E-state index contributed by atoms with van der Waals surface area (Å²) in [5.41, 5.74) is 0. The molecule has 12 heavy (non-hydrogen) atoms. The third-order valence-corrected chi connectivity index (χ3v) is 2.04. The van der Waals surface area contributed by atoms with Crippen LogP contribution in [0.1, 0.15) is 13.8 Å². The topological polar surface area (TPSA) is 49.4 Å². The third-order valence-electron chi connectivity index (χ3n) is 2.04. The Morgan fingerprint density at radius 1 is 1.75 bits per heavy atom. The van der Waals surface area contributed by atoms with E-state index in [9.17, 15) is 9.59 Å². The number of nitrogens with one attached hydrogen (secondary N) is 1. The molecule has 1 aliphatic heterocycles. The molecule has 68 valence electrons. The monoisotopic (exact) mass is 170 g/mol. The minimum Gasteiger partial charge on any atom is -0.351 e. The minimum atomic E-state index is -0.154. The van der Waals surface area contributed by atoms with Crippen molar-refractivity contribution >= 4 is 12.2 Å². The number of carbonyl (C=O) groups excluding carboxylic acids is 2. The molecule has 0 aromatic rings. The van der Waals surface area contributed by atoms with Crippen molar-refractivity contribution in [3.05, 3.63) is 0 Å². The minimum absolute atomic E-state index is 0.00227. The van der Waals surface area contributed by atoms with E-state index < -0.39 is 0 Å². The van der Waals surface area contributed by atoms with Crippen LogP contribution in [0.2, 0.25) is 0 Å². The van der Waals surface area contributed by atoms with Crippen molar-refractivity contribution in [2.24, 2.45) is 0 Å². The van der Waals surface area contributed by atoms with Crippen LogP contribution in [0.25, 0.3) is 0 Å². The van der Waals surface area contributed by atoms with Crippen molar-refractivity contribution in [1.29, 1.82) is 0 Å². The number of carbonyl (C=O) groups is 2. The van der Waals surface area contributed by atoms with Crippen molar-refractivity contribution in [2.45, 2.75) is 25.9 Å². The summed E-state index contributed by atoms with van der Waals surface area (Å²) in [6.45, 7) is 4.83. The molecular formula is C8H14N2O2.